The Balaban J connectivity index is 1.88. The number of nitrogens with zero attached hydrogens (tertiary/aromatic N) is 2. The van der Waals surface area contributed by atoms with Gasteiger partial charge in [-0.2, -0.15) is 18.3 Å². The third-order valence-corrected chi connectivity index (χ3v) is 6.61. The topological polar surface area (TPSA) is 88.1 Å². The number of hydrazone groups is 1. The van der Waals surface area contributed by atoms with Gasteiger partial charge in [0.2, 0.25) is 0 Å². The van der Waals surface area contributed by atoms with Crippen LogP contribution in [0.1, 0.15) is 16.7 Å². The lowest BCUT2D eigenvalue weighted by molar-refractivity contribution is -0.137. The second-order valence-electron chi connectivity index (χ2n) is 7.42. The van der Waals surface area contributed by atoms with Gasteiger partial charge in [-0.25, -0.2) is 13.8 Å². The van der Waals surface area contributed by atoms with E-state index in [0.717, 1.165) is 28.2 Å². The molecule has 1 N–H and O–H groups in total. The Bertz CT molecular complexity index is 1330. The Kier molecular flexibility index (Phi) is 7.80. The molecule has 0 saturated carbocycles. The molecule has 0 heterocycles. The normalized spacial score (nSPS) is 11.9. The van der Waals surface area contributed by atoms with Gasteiger partial charge in [-0.15, -0.1) is 0 Å². The lowest BCUT2D eigenvalue weighted by atomic mass is 10.1. The van der Waals surface area contributed by atoms with E-state index in [4.69, 9.17) is 4.74 Å². The molecule has 3 aromatic rings. The fourth-order valence-electron chi connectivity index (χ4n) is 3.15. The summed E-state index contributed by atoms with van der Waals surface area (Å²) >= 11 is 0. The van der Waals surface area contributed by atoms with Crippen molar-refractivity contribution in [2.45, 2.75) is 18.0 Å². The minimum Gasteiger partial charge on any atom is -0.495 e. The number of halogens is 3. The molecule has 3 rings (SSSR count). The maximum atomic E-state index is 13.4. The molecule has 11 heteroatoms. The summed E-state index contributed by atoms with van der Waals surface area (Å²) in [5.74, 6) is -0.577. The summed E-state index contributed by atoms with van der Waals surface area (Å²) in [5, 5.41) is 3.68. The van der Waals surface area contributed by atoms with E-state index in [1.165, 1.54) is 31.4 Å². The maximum absolute atomic E-state index is 13.4. The molecule has 0 aliphatic carbocycles. The van der Waals surface area contributed by atoms with Crippen molar-refractivity contribution in [3.8, 4) is 5.75 Å². The molecule has 0 aliphatic heterocycles. The number of benzene rings is 3. The van der Waals surface area contributed by atoms with Crippen LogP contribution in [0.3, 0.4) is 0 Å². The second-order valence-corrected chi connectivity index (χ2v) is 9.28. The monoisotopic (exact) mass is 505 g/mol. The molecule has 7 nitrogen and oxygen atoms in total. The van der Waals surface area contributed by atoms with Crippen molar-refractivity contribution in [3.63, 3.8) is 0 Å². The van der Waals surface area contributed by atoms with Gasteiger partial charge >= 0.3 is 6.18 Å². The molecule has 0 fully saturated rings. The molecule has 35 heavy (non-hydrogen) atoms. The number of anilines is 1. The van der Waals surface area contributed by atoms with Crippen LogP contribution in [-0.2, 0) is 21.0 Å². The molecule has 0 spiro atoms. The first-order valence-electron chi connectivity index (χ1n) is 10.2. The van der Waals surface area contributed by atoms with E-state index < -0.39 is 34.2 Å². The Morgan fingerprint density at radius 2 is 1.77 bits per heavy atom. The smallest absolute Gasteiger partial charge is 0.416 e. The third kappa shape index (κ3) is 6.38. The van der Waals surface area contributed by atoms with Crippen molar-refractivity contribution in [3.05, 3.63) is 89.5 Å². The molecule has 0 aromatic heterocycles. The highest BCUT2D eigenvalue weighted by molar-refractivity contribution is 7.92. The van der Waals surface area contributed by atoms with Gasteiger partial charge in [0, 0.05) is 0 Å². The Morgan fingerprint density at radius 3 is 2.43 bits per heavy atom. The van der Waals surface area contributed by atoms with Gasteiger partial charge in [0.15, 0.2) is 0 Å². The van der Waals surface area contributed by atoms with Gasteiger partial charge in [0.05, 0.1) is 29.5 Å². The Hall–Kier alpha value is -3.86. The van der Waals surface area contributed by atoms with Gasteiger partial charge < -0.3 is 4.74 Å². The van der Waals surface area contributed by atoms with Gasteiger partial charge in [0.25, 0.3) is 15.9 Å². The first kappa shape index (κ1) is 25.8. The number of nitrogens with one attached hydrogen (secondary N) is 1. The number of sulfonamides is 1. The molecule has 0 atom stereocenters. The highest BCUT2D eigenvalue weighted by atomic mass is 32.2. The van der Waals surface area contributed by atoms with Crippen LogP contribution < -0.4 is 14.5 Å². The van der Waals surface area contributed by atoms with Crippen LogP contribution in [-0.4, -0.2) is 34.2 Å². The zero-order chi connectivity index (χ0) is 25.6. The van der Waals surface area contributed by atoms with Crippen molar-refractivity contribution in [1.82, 2.24) is 5.43 Å². The number of carbonyl (C=O) groups is 1. The number of alkyl halides is 3. The minimum atomic E-state index is -4.52. The number of hydrogen-bond acceptors (Lipinski definition) is 5. The largest absolute Gasteiger partial charge is 0.495 e. The molecular formula is C24H22F3N3O4S. The zero-order valence-electron chi connectivity index (χ0n) is 18.8. The SMILES string of the molecule is COc1ccc(C)cc1N(CC(=O)N/N=C\c1cccc(C(F)(F)F)c1)S(=O)(=O)c1ccccc1. The summed E-state index contributed by atoms with van der Waals surface area (Å²) in [6.45, 7) is 1.10. The van der Waals surface area contributed by atoms with Gasteiger partial charge in [-0.3, -0.25) is 9.10 Å². The fourth-order valence-corrected chi connectivity index (χ4v) is 4.60. The van der Waals surface area contributed by atoms with Crippen LogP contribution in [0.15, 0.2) is 82.8 Å². The van der Waals surface area contributed by atoms with Crippen LogP contribution >= 0.6 is 0 Å². The van der Waals surface area contributed by atoms with Gasteiger partial charge in [-0.1, -0.05) is 36.4 Å². The molecule has 0 radical (unpaired) electrons. The van der Waals surface area contributed by atoms with Crippen LogP contribution in [0.2, 0.25) is 0 Å². The molecule has 0 bridgehead atoms. The molecule has 184 valence electrons. The quantitative estimate of drug-likeness (QED) is 0.364. The lowest BCUT2D eigenvalue weighted by Gasteiger charge is -2.25. The average Bonchev–Trinajstić information content (AvgIpc) is 2.82. The molecule has 3 aromatic carbocycles. The van der Waals surface area contributed by atoms with E-state index in [9.17, 15) is 26.4 Å². The van der Waals surface area contributed by atoms with Crippen LogP contribution in [0.4, 0.5) is 18.9 Å². The van der Waals surface area contributed by atoms with Crippen molar-refractivity contribution >= 4 is 27.8 Å². The number of rotatable bonds is 8. The van der Waals surface area contributed by atoms with E-state index in [2.05, 4.69) is 10.5 Å². The predicted molar refractivity (Wildman–Crippen MR) is 126 cm³/mol. The van der Waals surface area contributed by atoms with E-state index in [1.54, 1.807) is 43.3 Å². The van der Waals surface area contributed by atoms with Crippen LogP contribution in [0.5, 0.6) is 5.75 Å². The average molecular weight is 506 g/mol. The number of ether oxygens (including phenoxy) is 1. The van der Waals surface area contributed by atoms with Crippen molar-refractivity contribution in [2.75, 3.05) is 18.0 Å². The zero-order valence-corrected chi connectivity index (χ0v) is 19.6. The standard InChI is InChI=1S/C24H22F3N3O4S/c1-17-11-12-22(34-2)21(13-17)30(35(32,33)20-9-4-3-5-10-20)16-23(31)29-28-15-18-7-6-8-19(14-18)24(25,26)27/h3-15H,16H2,1-2H3,(H,29,31)/b28-15-. The Morgan fingerprint density at radius 1 is 1.06 bits per heavy atom. The van der Waals surface area contributed by atoms with Gasteiger partial charge in [-0.05, 0) is 54.4 Å². The van der Waals surface area contributed by atoms with Crippen LogP contribution in [0, 0.1) is 6.92 Å². The first-order chi connectivity index (χ1) is 16.5. The molecule has 1 amide bonds. The van der Waals surface area contributed by atoms with E-state index in [1.807, 2.05) is 0 Å². The Labute approximate surface area is 200 Å². The minimum absolute atomic E-state index is 0.0381. The third-order valence-electron chi connectivity index (χ3n) is 4.84. The van der Waals surface area contributed by atoms with Crippen molar-refractivity contribution in [2.24, 2.45) is 5.10 Å². The molecule has 0 saturated heterocycles. The fraction of sp³-hybridized carbons (Fsp3) is 0.167. The number of amides is 1. The second kappa shape index (κ2) is 10.6. The number of methoxy groups -OCH3 is 1. The highest BCUT2D eigenvalue weighted by Crippen LogP contribution is 2.33. The number of hydrogen-bond donors (Lipinski definition) is 1. The number of aryl methyl sites for hydroxylation is 1. The van der Waals surface area contributed by atoms with Crippen molar-refractivity contribution in [1.29, 1.82) is 0 Å². The highest BCUT2D eigenvalue weighted by Gasteiger charge is 2.31. The van der Waals surface area contributed by atoms with E-state index in [-0.39, 0.29) is 21.9 Å². The summed E-state index contributed by atoms with van der Waals surface area (Å²) in [5.41, 5.74) is 2.29. The maximum Gasteiger partial charge on any atom is 0.416 e. The first-order valence-corrected chi connectivity index (χ1v) is 11.7. The van der Waals surface area contributed by atoms with Crippen LogP contribution in [0.25, 0.3) is 0 Å². The molecule has 0 aliphatic rings. The summed E-state index contributed by atoms with van der Waals surface area (Å²) in [6.07, 6.45) is -3.48. The molecule has 0 unspecified atom stereocenters. The van der Waals surface area contributed by atoms with Crippen molar-refractivity contribution < 1.29 is 31.1 Å². The summed E-state index contributed by atoms with van der Waals surface area (Å²) < 4.78 is 71.7. The van der Waals surface area contributed by atoms with E-state index in [0.29, 0.717) is 0 Å². The molecular weight excluding hydrogens is 483 g/mol. The summed E-state index contributed by atoms with van der Waals surface area (Å²) in [6, 6.07) is 16.8. The van der Waals surface area contributed by atoms with E-state index >= 15 is 0 Å². The predicted octanol–water partition coefficient (Wildman–Crippen LogP) is 4.37. The summed E-state index contributed by atoms with van der Waals surface area (Å²) in [7, 11) is -2.81. The number of carbonyl (C=O) groups excluding carboxylic acids is 1. The lowest BCUT2D eigenvalue weighted by Crippen LogP contribution is -2.39. The summed E-state index contributed by atoms with van der Waals surface area (Å²) in [4.78, 5) is 12.6. The van der Waals surface area contributed by atoms with Gasteiger partial charge in [0.1, 0.15) is 12.3 Å².